The number of hydrogen-bond acceptors (Lipinski definition) is 7. The molecule has 0 saturated carbocycles. The standard InChI is InChI=1S/C13H14O7/c1-7(14)18-11-6-13(20-9(3)16)12(19-8(2)15)5-10(11)17-4/h5-6H,1-4H3. The summed E-state index contributed by atoms with van der Waals surface area (Å²) in [7, 11) is 1.35. The van der Waals surface area contributed by atoms with E-state index in [1.807, 2.05) is 0 Å². The largest absolute Gasteiger partial charge is 0.493 e. The van der Waals surface area contributed by atoms with Crippen LogP contribution in [0.1, 0.15) is 20.8 Å². The third kappa shape index (κ3) is 4.27. The van der Waals surface area contributed by atoms with E-state index in [-0.39, 0.29) is 23.0 Å². The van der Waals surface area contributed by atoms with Crippen LogP contribution in [0.4, 0.5) is 0 Å². The van der Waals surface area contributed by atoms with Gasteiger partial charge in [-0.2, -0.15) is 0 Å². The van der Waals surface area contributed by atoms with E-state index in [4.69, 9.17) is 18.9 Å². The minimum Gasteiger partial charge on any atom is -0.493 e. The first kappa shape index (κ1) is 15.5. The number of carbonyl (C=O) groups excluding carboxylic acids is 3. The van der Waals surface area contributed by atoms with E-state index < -0.39 is 17.9 Å². The first-order chi connectivity index (χ1) is 9.33. The highest BCUT2D eigenvalue weighted by Crippen LogP contribution is 2.40. The first-order valence-electron chi connectivity index (χ1n) is 5.60. The molecule has 0 amide bonds. The van der Waals surface area contributed by atoms with Crippen molar-refractivity contribution in [1.29, 1.82) is 0 Å². The van der Waals surface area contributed by atoms with Crippen LogP contribution in [0.2, 0.25) is 0 Å². The SMILES string of the molecule is COc1cc(OC(C)=O)c(OC(C)=O)cc1OC(C)=O. The number of esters is 3. The number of benzene rings is 1. The molecule has 0 bridgehead atoms. The lowest BCUT2D eigenvalue weighted by atomic mass is 10.2. The molecular formula is C13H14O7. The lowest BCUT2D eigenvalue weighted by Gasteiger charge is -2.13. The molecule has 0 aliphatic rings. The van der Waals surface area contributed by atoms with E-state index >= 15 is 0 Å². The van der Waals surface area contributed by atoms with Crippen molar-refractivity contribution < 1.29 is 33.3 Å². The summed E-state index contributed by atoms with van der Waals surface area (Å²) in [5.41, 5.74) is 0. The number of methoxy groups -OCH3 is 1. The quantitative estimate of drug-likeness (QED) is 0.610. The molecule has 1 aromatic carbocycles. The number of ether oxygens (including phenoxy) is 4. The van der Waals surface area contributed by atoms with Crippen molar-refractivity contribution in [2.75, 3.05) is 7.11 Å². The normalized spacial score (nSPS) is 9.60. The molecule has 1 aromatic rings. The average molecular weight is 282 g/mol. The third-order valence-corrected chi connectivity index (χ3v) is 1.99. The van der Waals surface area contributed by atoms with Crippen LogP contribution in [0.5, 0.6) is 23.0 Å². The molecule has 0 N–H and O–H groups in total. The predicted molar refractivity (Wildman–Crippen MR) is 66.9 cm³/mol. The van der Waals surface area contributed by atoms with Crippen LogP contribution in [0.25, 0.3) is 0 Å². The molecule has 0 aromatic heterocycles. The Morgan fingerprint density at radius 2 is 1.00 bits per heavy atom. The molecule has 7 heteroatoms. The number of rotatable bonds is 4. The van der Waals surface area contributed by atoms with Crippen molar-refractivity contribution in [3.05, 3.63) is 12.1 Å². The lowest BCUT2D eigenvalue weighted by molar-refractivity contribution is -0.134. The van der Waals surface area contributed by atoms with Gasteiger partial charge < -0.3 is 18.9 Å². The van der Waals surface area contributed by atoms with Crippen LogP contribution < -0.4 is 18.9 Å². The van der Waals surface area contributed by atoms with E-state index in [0.717, 1.165) is 0 Å². The summed E-state index contributed by atoms with van der Waals surface area (Å²) in [6, 6.07) is 2.53. The summed E-state index contributed by atoms with van der Waals surface area (Å²) in [5, 5.41) is 0. The zero-order valence-corrected chi connectivity index (χ0v) is 11.5. The van der Waals surface area contributed by atoms with Crippen molar-refractivity contribution in [3.63, 3.8) is 0 Å². The summed E-state index contributed by atoms with van der Waals surface area (Å²) >= 11 is 0. The number of hydrogen-bond donors (Lipinski definition) is 0. The zero-order valence-electron chi connectivity index (χ0n) is 11.5. The van der Waals surface area contributed by atoms with Crippen LogP contribution >= 0.6 is 0 Å². The molecule has 0 radical (unpaired) electrons. The molecule has 0 aliphatic carbocycles. The summed E-state index contributed by atoms with van der Waals surface area (Å²) in [5.74, 6) is -1.64. The second-order valence-electron chi connectivity index (χ2n) is 3.73. The molecule has 1 rings (SSSR count). The van der Waals surface area contributed by atoms with Crippen LogP contribution in [0, 0.1) is 0 Å². The molecule has 0 unspecified atom stereocenters. The van der Waals surface area contributed by atoms with E-state index in [2.05, 4.69) is 0 Å². The summed E-state index contributed by atoms with van der Waals surface area (Å²) in [6.07, 6.45) is 0. The Balaban J connectivity index is 3.30. The third-order valence-electron chi connectivity index (χ3n) is 1.99. The van der Waals surface area contributed by atoms with Crippen molar-refractivity contribution in [3.8, 4) is 23.0 Å². The zero-order chi connectivity index (χ0) is 15.3. The minimum atomic E-state index is -0.614. The molecule has 0 aliphatic heterocycles. The molecule has 0 atom stereocenters. The van der Waals surface area contributed by atoms with E-state index in [1.165, 1.54) is 40.0 Å². The smallest absolute Gasteiger partial charge is 0.308 e. The molecule has 0 heterocycles. The highest BCUT2D eigenvalue weighted by atomic mass is 16.6. The first-order valence-corrected chi connectivity index (χ1v) is 5.60. The Labute approximate surface area is 115 Å². The van der Waals surface area contributed by atoms with Gasteiger partial charge in [0.25, 0.3) is 0 Å². The monoisotopic (exact) mass is 282 g/mol. The van der Waals surface area contributed by atoms with Gasteiger partial charge in [0, 0.05) is 32.9 Å². The van der Waals surface area contributed by atoms with E-state index in [9.17, 15) is 14.4 Å². The molecule has 108 valence electrons. The second kappa shape index (κ2) is 6.55. The lowest BCUT2D eigenvalue weighted by Crippen LogP contribution is -2.09. The highest BCUT2D eigenvalue weighted by Gasteiger charge is 2.18. The molecule has 20 heavy (non-hydrogen) atoms. The molecule has 0 saturated heterocycles. The molecular weight excluding hydrogens is 268 g/mol. The highest BCUT2D eigenvalue weighted by molar-refractivity contribution is 5.76. The van der Waals surface area contributed by atoms with Gasteiger partial charge in [0.05, 0.1) is 7.11 Å². The van der Waals surface area contributed by atoms with Crippen LogP contribution in [-0.4, -0.2) is 25.0 Å². The summed E-state index contributed by atoms with van der Waals surface area (Å²) in [6.45, 7) is 3.60. The Hall–Kier alpha value is -2.57. The Bertz CT molecular complexity index is 548. The van der Waals surface area contributed by atoms with E-state index in [1.54, 1.807) is 0 Å². The Kier molecular flexibility index (Phi) is 5.08. The topological polar surface area (TPSA) is 88.1 Å². The molecule has 0 fully saturated rings. The predicted octanol–water partition coefficient (Wildman–Crippen LogP) is 1.47. The van der Waals surface area contributed by atoms with Crippen LogP contribution in [0.3, 0.4) is 0 Å². The fourth-order valence-corrected chi connectivity index (χ4v) is 1.39. The van der Waals surface area contributed by atoms with Gasteiger partial charge in [-0.3, -0.25) is 14.4 Å². The van der Waals surface area contributed by atoms with Gasteiger partial charge in [0.2, 0.25) is 0 Å². The van der Waals surface area contributed by atoms with Gasteiger partial charge in [-0.05, 0) is 0 Å². The summed E-state index contributed by atoms with van der Waals surface area (Å²) < 4.78 is 19.8. The number of carbonyl (C=O) groups is 3. The van der Waals surface area contributed by atoms with Crippen LogP contribution in [-0.2, 0) is 14.4 Å². The maximum atomic E-state index is 11.0. The maximum Gasteiger partial charge on any atom is 0.308 e. The minimum absolute atomic E-state index is 0.0135. The Morgan fingerprint density at radius 3 is 1.30 bits per heavy atom. The van der Waals surface area contributed by atoms with Gasteiger partial charge in [-0.1, -0.05) is 0 Å². The maximum absolute atomic E-state index is 11.0. The van der Waals surface area contributed by atoms with Gasteiger partial charge in [-0.15, -0.1) is 0 Å². The van der Waals surface area contributed by atoms with Crippen molar-refractivity contribution in [2.24, 2.45) is 0 Å². The average Bonchev–Trinajstić information content (AvgIpc) is 2.30. The van der Waals surface area contributed by atoms with Crippen molar-refractivity contribution >= 4 is 17.9 Å². The fourth-order valence-electron chi connectivity index (χ4n) is 1.39. The van der Waals surface area contributed by atoms with Gasteiger partial charge >= 0.3 is 17.9 Å². The summed E-state index contributed by atoms with van der Waals surface area (Å²) in [4.78, 5) is 33.1. The molecule has 7 nitrogen and oxygen atoms in total. The Morgan fingerprint density at radius 1 is 0.700 bits per heavy atom. The fraction of sp³-hybridized carbons (Fsp3) is 0.308. The van der Waals surface area contributed by atoms with Gasteiger partial charge in [-0.25, -0.2) is 0 Å². The van der Waals surface area contributed by atoms with Crippen molar-refractivity contribution in [2.45, 2.75) is 20.8 Å². The van der Waals surface area contributed by atoms with E-state index in [0.29, 0.717) is 0 Å². The molecule has 0 spiro atoms. The van der Waals surface area contributed by atoms with Gasteiger partial charge in [0.1, 0.15) is 0 Å². The van der Waals surface area contributed by atoms with Crippen molar-refractivity contribution in [1.82, 2.24) is 0 Å². The van der Waals surface area contributed by atoms with Gasteiger partial charge in [0.15, 0.2) is 23.0 Å². The van der Waals surface area contributed by atoms with Crippen LogP contribution in [0.15, 0.2) is 12.1 Å². The second-order valence-corrected chi connectivity index (χ2v) is 3.73.